The fourth-order valence-corrected chi connectivity index (χ4v) is 2.91. The first-order valence-electron chi connectivity index (χ1n) is 5.29. The Balaban J connectivity index is 1.98. The molecule has 1 atom stereocenters. The van der Waals surface area contributed by atoms with Gasteiger partial charge in [-0.15, -0.1) is 0 Å². The van der Waals surface area contributed by atoms with Crippen LogP contribution in [0.15, 0.2) is 29.2 Å². The Labute approximate surface area is 92.6 Å². The number of nitrogens with two attached hydrogens (primary N) is 1. The average Bonchev–Trinajstić information content (AvgIpc) is 2.71. The zero-order valence-corrected chi connectivity index (χ0v) is 9.43. The maximum absolute atomic E-state index is 11.9. The van der Waals surface area contributed by atoms with Gasteiger partial charge in [-0.2, -0.15) is 0 Å². The largest absolute Gasteiger partial charge is 0.399 e. The second-order valence-electron chi connectivity index (χ2n) is 3.94. The van der Waals surface area contributed by atoms with Crippen LogP contribution in [0.1, 0.15) is 25.7 Å². The Bertz CT molecular complexity index is 344. The standard InChI is InChI=1S/C11H16N2OS/c12-9-5-7-11(8-6-9)15(14)13-10-3-1-2-4-10/h5-8,10,13H,1-4,12H2. The Hall–Kier alpha value is -0.870. The lowest BCUT2D eigenvalue weighted by Crippen LogP contribution is -2.27. The number of nitrogens with one attached hydrogen (secondary N) is 1. The van der Waals surface area contributed by atoms with Crippen LogP contribution >= 0.6 is 0 Å². The minimum absolute atomic E-state index is 0.420. The van der Waals surface area contributed by atoms with E-state index in [4.69, 9.17) is 5.73 Å². The molecule has 3 nitrogen and oxygen atoms in total. The topological polar surface area (TPSA) is 55.1 Å². The van der Waals surface area contributed by atoms with Crippen molar-refractivity contribution in [3.05, 3.63) is 24.3 Å². The Kier molecular flexibility index (Phi) is 3.38. The van der Waals surface area contributed by atoms with E-state index in [-0.39, 0.29) is 0 Å². The molecule has 1 unspecified atom stereocenters. The quantitative estimate of drug-likeness (QED) is 0.769. The van der Waals surface area contributed by atoms with Gasteiger partial charge in [0, 0.05) is 11.7 Å². The molecular weight excluding hydrogens is 208 g/mol. The normalized spacial score (nSPS) is 19.2. The van der Waals surface area contributed by atoms with Crippen molar-refractivity contribution in [1.29, 1.82) is 0 Å². The molecule has 2 rings (SSSR count). The third-order valence-corrected chi connectivity index (χ3v) is 3.97. The average molecular weight is 224 g/mol. The fourth-order valence-electron chi connectivity index (χ4n) is 1.85. The van der Waals surface area contributed by atoms with Gasteiger partial charge in [-0.3, -0.25) is 0 Å². The molecule has 1 aromatic rings. The highest BCUT2D eigenvalue weighted by Gasteiger charge is 2.17. The van der Waals surface area contributed by atoms with E-state index in [9.17, 15) is 4.21 Å². The van der Waals surface area contributed by atoms with E-state index in [0.717, 1.165) is 17.7 Å². The van der Waals surface area contributed by atoms with Crippen molar-refractivity contribution in [3.63, 3.8) is 0 Å². The van der Waals surface area contributed by atoms with E-state index in [0.29, 0.717) is 11.7 Å². The zero-order valence-electron chi connectivity index (χ0n) is 8.61. The minimum Gasteiger partial charge on any atom is -0.399 e. The lowest BCUT2D eigenvalue weighted by Gasteiger charge is -2.10. The number of benzene rings is 1. The van der Waals surface area contributed by atoms with Gasteiger partial charge in [0.25, 0.3) is 0 Å². The van der Waals surface area contributed by atoms with E-state index in [2.05, 4.69) is 4.72 Å². The monoisotopic (exact) mass is 224 g/mol. The molecule has 1 fully saturated rings. The molecule has 1 saturated carbocycles. The summed E-state index contributed by atoms with van der Waals surface area (Å²) in [4.78, 5) is 0.802. The predicted molar refractivity (Wildman–Crippen MR) is 62.7 cm³/mol. The van der Waals surface area contributed by atoms with Crippen LogP contribution in [0, 0.1) is 0 Å². The summed E-state index contributed by atoms with van der Waals surface area (Å²) in [7, 11) is -1.09. The highest BCUT2D eigenvalue weighted by Crippen LogP contribution is 2.19. The first-order chi connectivity index (χ1) is 7.25. The molecule has 0 saturated heterocycles. The molecule has 15 heavy (non-hydrogen) atoms. The molecule has 4 heteroatoms. The molecule has 82 valence electrons. The Morgan fingerprint density at radius 3 is 2.40 bits per heavy atom. The van der Waals surface area contributed by atoms with Gasteiger partial charge in [0.05, 0.1) is 4.90 Å². The highest BCUT2D eigenvalue weighted by molar-refractivity contribution is 7.83. The summed E-state index contributed by atoms with van der Waals surface area (Å²) in [6.45, 7) is 0. The van der Waals surface area contributed by atoms with Crippen LogP contribution in [0.4, 0.5) is 5.69 Å². The van der Waals surface area contributed by atoms with E-state index >= 15 is 0 Å². The minimum atomic E-state index is -1.09. The van der Waals surface area contributed by atoms with Gasteiger partial charge in [-0.1, -0.05) is 12.8 Å². The van der Waals surface area contributed by atoms with Crippen molar-refractivity contribution in [3.8, 4) is 0 Å². The summed E-state index contributed by atoms with van der Waals surface area (Å²) in [5.41, 5.74) is 6.28. The lowest BCUT2D eigenvalue weighted by molar-refractivity contribution is 0.617. The fraction of sp³-hybridized carbons (Fsp3) is 0.455. The molecule has 0 aliphatic heterocycles. The third kappa shape index (κ3) is 2.79. The van der Waals surface area contributed by atoms with Crippen molar-refractivity contribution in [1.82, 2.24) is 4.72 Å². The maximum atomic E-state index is 11.9. The van der Waals surface area contributed by atoms with Crippen LogP contribution in [-0.2, 0) is 11.0 Å². The first-order valence-corrected chi connectivity index (χ1v) is 6.44. The molecule has 3 N–H and O–H groups in total. The zero-order chi connectivity index (χ0) is 10.7. The summed E-state index contributed by atoms with van der Waals surface area (Å²) in [6, 6.07) is 7.61. The van der Waals surface area contributed by atoms with E-state index in [1.807, 2.05) is 12.1 Å². The maximum Gasteiger partial charge on any atom is 0.125 e. The van der Waals surface area contributed by atoms with Gasteiger partial charge in [-0.05, 0) is 37.1 Å². The molecule has 1 aliphatic rings. The Morgan fingerprint density at radius 1 is 1.20 bits per heavy atom. The van der Waals surface area contributed by atoms with Crippen LogP contribution in [0.3, 0.4) is 0 Å². The van der Waals surface area contributed by atoms with Crippen molar-refractivity contribution < 1.29 is 4.21 Å². The molecule has 0 aromatic heterocycles. The molecule has 0 radical (unpaired) electrons. The van der Waals surface area contributed by atoms with Crippen molar-refractivity contribution in [2.24, 2.45) is 0 Å². The van der Waals surface area contributed by atoms with Crippen LogP contribution in [0.5, 0.6) is 0 Å². The van der Waals surface area contributed by atoms with Crippen LogP contribution < -0.4 is 10.5 Å². The predicted octanol–water partition coefficient (Wildman–Crippen LogP) is 1.82. The smallest absolute Gasteiger partial charge is 0.125 e. The summed E-state index contributed by atoms with van der Waals surface area (Å²) >= 11 is 0. The number of anilines is 1. The van der Waals surface area contributed by atoms with Gasteiger partial charge < -0.3 is 5.73 Å². The van der Waals surface area contributed by atoms with Crippen LogP contribution in [0.25, 0.3) is 0 Å². The summed E-state index contributed by atoms with van der Waals surface area (Å²) < 4.78 is 15.0. The summed E-state index contributed by atoms with van der Waals surface area (Å²) in [5.74, 6) is 0. The highest BCUT2D eigenvalue weighted by atomic mass is 32.2. The van der Waals surface area contributed by atoms with Gasteiger partial charge in [0.15, 0.2) is 0 Å². The molecule has 0 bridgehead atoms. The number of rotatable bonds is 3. The van der Waals surface area contributed by atoms with Gasteiger partial charge in [-0.25, -0.2) is 8.93 Å². The van der Waals surface area contributed by atoms with Gasteiger partial charge >= 0.3 is 0 Å². The number of hydrogen-bond donors (Lipinski definition) is 2. The molecule has 1 aliphatic carbocycles. The molecule has 0 amide bonds. The van der Waals surface area contributed by atoms with Gasteiger partial charge in [0.2, 0.25) is 0 Å². The van der Waals surface area contributed by atoms with Crippen molar-refractivity contribution in [2.45, 2.75) is 36.6 Å². The van der Waals surface area contributed by atoms with E-state index in [1.54, 1.807) is 12.1 Å². The van der Waals surface area contributed by atoms with Crippen LogP contribution in [0.2, 0.25) is 0 Å². The van der Waals surface area contributed by atoms with Crippen molar-refractivity contribution >= 4 is 16.7 Å². The second kappa shape index (κ2) is 4.77. The second-order valence-corrected chi connectivity index (χ2v) is 5.18. The third-order valence-electron chi connectivity index (χ3n) is 2.72. The summed E-state index contributed by atoms with van der Waals surface area (Å²) in [6.07, 6.45) is 4.77. The summed E-state index contributed by atoms with van der Waals surface area (Å²) in [5, 5.41) is 0. The molecule has 0 spiro atoms. The Morgan fingerprint density at radius 2 is 1.80 bits per heavy atom. The molecular formula is C11H16N2OS. The van der Waals surface area contributed by atoms with Gasteiger partial charge in [0.1, 0.15) is 11.0 Å². The SMILES string of the molecule is Nc1ccc(S(=O)NC2CCCC2)cc1. The lowest BCUT2D eigenvalue weighted by atomic mass is 10.3. The van der Waals surface area contributed by atoms with E-state index < -0.39 is 11.0 Å². The first kappa shape index (κ1) is 10.6. The molecule has 1 aromatic carbocycles. The number of nitrogen functional groups attached to an aromatic ring is 1. The molecule has 0 heterocycles. The van der Waals surface area contributed by atoms with E-state index in [1.165, 1.54) is 12.8 Å². The number of hydrogen-bond acceptors (Lipinski definition) is 2. The van der Waals surface area contributed by atoms with Crippen molar-refractivity contribution in [2.75, 3.05) is 5.73 Å². The van der Waals surface area contributed by atoms with Crippen LogP contribution in [-0.4, -0.2) is 10.3 Å².